The van der Waals surface area contributed by atoms with Crippen molar-refractivity contribution in [1.82, 2.24) is 5.32 Å². The smallest absolute Gasteiger partial charge is 0.404 e. The summed E-state index contributed by atoms with van der Waals surface area (Å²) in [6.07, 6.45) is -0.628. The van der Waals surface area contributed by atoms with Gasteiger partial charge in [0.05, 0.1) is 7.11 Å². The first-order chi connectivity index (χ1) is 7.13. The molecule has 1 aromatic rings. The van der Waals surface area contributed by atoms with E-state index in [9.17, 15) is 9.18 Å². The van der Waals surface area contributed by atoms with Gasteiger partial charge in [0.2, 0.25) is 0 Å². The summed E-state index contributed by atoms with van der Waals surface area (Å²) in [5, 5.41) is 10.5. The number of hydrogen-bond donors (Lipinski definition) is 2. The third-order valence-electron chi connectivity index (χ3n) is 1.91. The summed E-state index contributed by atoms with van der Waals surface area (Å²) in [5.74, 6) is -0.254. The molecule has 0 saturated carbocycles. The molecule has 0 unspecified atom stereocenters. The Bertz CT molecular complexity index is 355. The number of carboxylic acid groups (broad SMARTS) is 1. The molecular formula is C10H12FNO3. The van der Waals surface area contributed by atoms with E-state index in [4.69, 9.17) is 9.84 Å². The fourth-order valence-electron chi connectivity index (χ4n) is 1.18. The van der Waals surface area contributed by atoms with E-state index in [1.807, 2.05) is 0 Å². The molecule has 0 atom stereocenters. The van der Waals surface area contributed by atoms with E-state index >= 15 is 0 Å². The van der Waals surface area contributed by atoms with Crippen molar-refractivity contribution in [3.63, 3.8) is 0 Å². The monoisotopic (exact) mass is 213 g/mol. The lowest BCUT2D eigenvalue weighted by Crippen LogP contribution is -2.23. The summed E-state index contributed by atoms with van der Waals surface area (Å²) in [5.41, 5.74) is 0.724. The van der Waals surface area contributed by atoms with Gasteiger partial charge in [-0.25, -0.2) is 9.18 Å². The van der Waals surface area contributed by atoms with Crippen molar-refractivity contribution in [3.05, 3.63) is 29.6 Å². The van der Waals surface area contributed by atoms with Crippen LogP contribution in [0.15, 0.2) is 18.2 Å². The van der Waals surface area contributed by atoms with Gasteiger partial charge in [-0.3, -0.25) is 0 Å². The van der Waals surface area contributed by atoms with Crippen molar-refractivity contribution in [2.75, 3.05) is 13.7 Å². The second-order valence-corrected chi connectivity index (χ2v) is 2.95. The van der Waals surface area contributed by atoms with Crippen LogP contribution in [0.2, 0.25) is 0 Å². The van der Waals surface area contributed by atoms with E-state index in [-0.39, 0.29) is 12.3 Å². The first-order valence-electron chi connectivity index (χ1n) is 4.42. The van der Waals surface area contributed by atoms with Crippen molar-refractivity contribution >= 4 is 6.09 Å². The number of rotatable bonds is 4. The fraction of sp³-hybridized carbons (Fsp3) is 0.300. The zero-order valence-electron chi connectivity index (χ0n) is 8.29. The van der Waals surface area contributed by atoms with Gasteiger partial charge in [-0.2, -0.15) is 0 Å². The molecule has 2 N–H and O–H groups in total. The van der Waals surface area contributed by atoms with E-state index < -0.39 is 11.9 Å². The fourth-order valence-corrected chi connectivity index (χ4v) is 1.18. The maximum Gasteiger partial charge on any atom is 0.404 e. The van der Waals surface area contributed by atoms with Crippen LogP contribution in [0, 0.1) is 5.82 Å². The predicted octanol–water partition coefficient (Wildman–Crippen LogP) is 1.64. The molecular weight excluding hydrogens is 201 g/mol. The lowest BCUT2D eigenvalue weighted by Gasteiger charge is -2.05. The van der Waals surface area contributed by atoms with Gasteiger partial charge in [0.15, 0.2) is 11.6 Å². The Morgan fingerprint density at radius 3 is 2.87 bits per heavy atom. The number of carbonyl (C=O) groups is 1. The zero-order chi connectivity index (χ0) is 11.3. The highest BCUT2D eigenvalue weighted by molar-refractivity contribution is 5.64. The SMILES string of the molecule is COc1ccc(CCNC(=O)O)cc1F. The van der Waals surface area contributed by atoms with Gasteiger partial charge in [0.25, 0.3) is 0 Å². The van der Waals surface area contributed by atoms with E-state index in [0.29, 0.717) is 6.42 Å². The summed E-state index contributed by atoms with van der Waals surface area (Å²) in [4.78, 5) is 10.2. The van der Waals surface area contributed by atoms with Crippen molar-refractivity contribution in [2.24, 2.45) is 0 Å². The summed E-state index contributed by atoms with van der Waals surface area (Å²) in [6.45, 7) is 0.265. The molecule has 82 valence electrons. The third kappa shape index (κ3) is 3.46. The molecule has 4 nitrogen and oxygen atoms in total. The largest absolute Gasteiger partial charge is 0.494 e. The number of ether oxygens (including phenoxy) is 1. The van der Waals surface area contributed by atoms with E-state index in [1.165, 1.54) is 19.2 Å². The topological polar surface area (TPSA) is 58.6 Å². The third-order valence-corrected chi connectivity index (χ3v) is 1.91. The Morgan fingerprint density at radius 1 is 1.60 bits per heavy atom. The average molecular weight is 213 g/mol. The first-order valence-corrected chi connectivity index (χ1v) is 4.42. The molecule has 1 amide bonds. The minimum absolute atomic E-state index is 0.185. The Kier molecular flexibility index (Phi) is 3.91. The maximum absolute atomic E-state index is 13.2. The number of benzene rings is 1. The molecule has 0 fully saturated rings. The van der Waals surface area contributed by atoms with Crippen LogP contribution >= 0.6 is 0 Å². The van der Waals surface area contributed by atoms with Crippen LogP contribution < -0.4 is 10.1 Å². The second-order valence-electron chi connectivity index (χ2n) is 2.95. The molecule has 15 heavy (non-hydrogen) atoms. The highest BCUT2D eigenvalue weighted by Gasteiger charge is 2.03. The molecule has 0 spiro atoms. The van der Waals surface area contributed by atoms with Crippen molar-refractivity contribution < 1.29 is 19.0 Å². The van der Waals surface area contributed by atoms with E-state index in [2.05, 4.69) is 5.32 Å². The molecule has 1 aromatic carbocycles. The molecule has 0 aliphatic heterocycles. The second kappa shape index (κ2) is 5.19. The van der Waals surface area contributed by atoms with Gasteiger partial charge in [0.1, 0.15) is 0 Å². The average Bonchev–Trinajstić information content (AvgIpc) is 2.17. The summed E-state index contributed by atoms with van der Waals surface area (Å²) in [6, 6.07) is 4.55. The van der Waals surface area contributed by atoms with Crippen molar-refractivity contribution in [2.45, 2.75) is 6.42 Å². The highest BCUT2D eigenvalue weighted by Crippen LogP contribution is 2.17. The van der Waals surface area contributed by atoms with Gasteiger partial charge < -0.3 is 15.2 Å². The van der Waals surface area contributed by atoms with Crippen molar-refractivity contribution in [1.29, 1.82) is 0 Å². The minimum atomic E-state index is -1.08. The quantitative estimate of drug-likeness (QED) is 0.799. The summed E-state index contributed by atoms with van der Waals surface area (Å²) < 4.78 is 17.9. The van der Waals surface area contributed by atoms with E-state index in [0.717, 1.165) is 5.56 Å². The first kappa shape index (κ1) is 11.3. The summed E-state index contributed by atoms with van der Waals surface area (Å²) >= 11 is 0. The Hall–Kier alpha value is -1.78. The van der Waals surface area contributed by atoms with E-state index in [1.54, 1.807) is 6.07 Å². The molecule has 0 saturated heterocycles. The van der Waals surface area contributed by atoms with Gasteiger partial charge in [-0.1, -0.05) is 6.07 Å². The molecule has 0 aromatic heterocycles. The van der Waals surface area contributed by atoms with Crippen LogP contribution in [0.25, 0.3) is 0 Å². The molecule has 0 radical (unpaired) electrons. The van der Waals surface area contributed by atoms with Crippen LogP contribution in [0.4, 0.5) is 9.18 Å². The standard InChI is InChI=1S/C10H12FNO3/c1-15-9-3-2-7(6-8(9)11)4-5-12-10(13)14/h2-3,6,12H,4-5H2,1H3,(H,13,14). The van der Waals surface area contributed by atoms with Gasteiger partial charge in [-0.15, -0.1) is 0 Å². The Labute approximate surface area is 86.7 Å². The lowest BCUT2D eigenvalue weighted by atomic mass is 10.1. The van der Waals surface area contributed by atoms with Crippen LogP contribution in [0.1, 0.15) is 5.56 Å². The van der Waals surface area contributed by atoms with Crippen LogP contribution in [-0.4, -0.2) is 24.9 Å². The molecule has 0 heterocycles. The molecule has 1 rings (SSSR count). The molecule has 5 heteroatoms. The maximum atomic E-state index is 13.2. The number of hydrogen-bond acceptors (Lipinski definition) is 2. The zero-order valence-corrected chi connectivity index (χ0v) is 8.29. The normalized spacial score (nSPS) is 9.73. The number of methoxy groups -OCH3 is 1. The van der Waals surface area contributed by atoms with Crippen molar-refractivity contribution in [3.8, 4) is 5.75 Å². The van der Waals surface area contributed by atoms with Gasteiger partial charge in [-0.05, 0) is 24.1 Å². The van der Waals surface area contributed by atoms with Crippen LogP contribution in [-0.2, 0) is 6.42 Å². The van der Waals surface area contributed by atoms with Crippen LogP contribution in [0.3, 0.4) is 0 Å². The van der Waals surface area contributed by atoms with Gasteiger partial charge in [0, 0.05) is 6.54 Å². The Balaban J connectivity index is 2.55. The summed E-state index contributed by atoms with van der Waals surface area (Å²) in [7, 11) is 1.39. The number of nitrogens with one attached hydrogen (secondary N) is 1. The number of amides is 1. The molecule has 0 aliphatic rings. The lowest BCUT2D eigenvalue weighted by molar-refractivity contribution is 0.194. The number of halogens is 1. The predicted molar refractivity (Wildman–Crippen MR) is 52.7 cm³/mol. The Morgan fingerprint density at radius 2 is 2.33 bits per heavy atom. The highest BCUT2D eigenvalue weighted by atomic mass is 19.1. The minimum Gasteiger partial charge on any atom is -0.494 e. The van der Waals surface area contributed by atoms with Gasteiger partial charge >= 0.3 is 6.09 Å². The molecule has 0 bridgehead atoms. The van der Waals surface area contributed by atoms with Crippen LogP contribution in [0.5, 0.6) is 5.75 Å². The molecule has 0 aliphatic carbocycles.